The number of sulfonamides is 1. The van der Waals surface area contributed by atoms with Gasteiger partial charge in [-0.2, -0.15) is 13.2 Å². The van der Waals surface area contributed by atoms with Crippen molar-refractivity contribution >= 4 is 10.0 Å². The number of aryl methyl sites for hydroxylation is 1. The average Bonchev–Trinajstić information content (AvgIpc) is 2.28. The van der Waals surface area contributed by atoms with Gasteiger partial charge in [-0.1, -0.05) is 6.07 Å². The van der Waals surface area contributed by atoms with Crippen molar-refractivity contribution in [3.05, 3.63) is 29.6 Å². The number of aliphatic hydroxyl groups is 1. The van der Waals surface area contributed by atoms with E-state index in [0.717, 1.165) is 6.07 Å². The predicted octanol–water partition coefficient (Wildman–Crippen LogP) is 1.34. The monoisotopic (exact) mass is 301 g/mol. The van der Waals surface area contributed by atoms with Gasteiger partial charge in [0, 0.05) is 6.54 Å². The van der Waals surface area contributed by atoms with Gasteiger partial charge in [-0.05, 0) is 24.6 Å². The smallest absolute Gasteiger partial charge is 0.382 e. The van der Waals surface area contributed by atoms with Gasteiger partial charge in [0.25, 0.3) is 0 Å². The SMILES string of the molecule is Cc1ccc(S(=O)(=O)NCC(O)C(F)(F)F)cc1F. The first-order valence-corrected chi connectivity index (χ1v) is 6.53. The van der Waals surface area contributed by atoms with Crippen LogP contribution in [-0.4, -0.2) is 32.3 Å². The van der Waals surface area contributed by atoms with Crippen LogP contribution in [0.1, 0.15) is 5.56 Å². The quantitative estimate of drug-likeness (QED) is 0.825. The number of benzene rings is 1. The van der Waals surface area contributed by atoms with Crippen molar-refractivity contribution in [2.75, 3.05) is 6.54 Å². The second-order valence-electron chi connectivity index (χ2n) is 3.82. The molecule has 1 unspecified atom stereocenters. The van der Waals surface area contributed by atoms with Crippen LogP contribution in [0, 0.1) is 12.7 Å². The Labute approximate surface area is 107 Å². The van der Waals surface area contributed by atoms with E-state index in [1.807, 2.05) is 0 Å². The summed E-state index contributed by atoms with van der Waals surface area (Å²) < 4.78 is 73.9. The first-order chi connectivity index (χ1) is 8.54. The van der Waals surface area contributed by atoms with E-state index in [4.69, 9.17) is 5.11 Å². The fraction of sp³-hybridized carbons (Fsp3) is 0.400. The van der Waals surface area contributed by atoms with Gasteiger partial charge >= 0.3 is 6.18 Å². The zero-order valence-electron chi connectivity index (χ0n) is 9.70. The molecular formula is C10H11F4NO3S. The standard InChI is InChI=1S/C10H11F4NO3S/c1-6-2-3-7(4-8(6)11)19(17,18)15-5-9(16)10(12,13)14/h2-4,9,15-16H,5H2,1H3. The lowest BCUT2D eigenvalue weighted by molar-refractivity contribution is -0.200. The summed E-state index contributed by atoms with van der Waals surface area (Å²) in [5.41, 5.74) is 0.203. The predicted molar refractivity (Wildman–Crippen MR) is 58.4 cm³/mol. The minimum atomic E-state index is -4.93. The van der Waals surface area contributed by atoms with Gasteiger partial charge in [-0.3, -0.25) is 0 Å². The molecule has 0 aliphatic rings. The molecule has 2 N–H and O–H groups in total. The van der Waals surface area contributed by atoms with Crippen LogP contribution in [0.25, 0.3) is 0 Å². The normalized spacial score (nSPS) is 14.4. The van der Waals surface area contributed by atoms with Crippen LogP contribution in [0.15, 0.2) is 23.1 Å². The van der Waals surface area contributed by atoms with E-state index >= 15 is 0 Å². The highest BCUT2D eigenvalue weighted by molar-refractivity contribution is 7.89. The molecule has 0 saturated carbocycles. The third-order valence-corrected chi connectivity index (χ3v) is 3.72. The van der Waals surface area contributed by atoms with Gasteiger partial charge in [0.15, 0.2) is 6.10 Å². The Bertz CT molecular complexity index is 556. The molecule has 1 rings (SSSR count). The summed E-state index contributed by atoms with van der Waals surface area (Å²) in [4.78, 5) is -0.509. The van der Waals surface area contributed by atoms with E-state index in [-0.39, 0.29) is 5.56 Å². The van der Waals surface area contributed by atoms with E-state index in [1.165, 1.54) is 13.0 Å². The highest BCUT2D eigenvalue weighted by atomic mass is 32.2. The van der Waals surface area contributed by atoms with Crippen LogP contribution < -0.4 is 4.72 Å². The maximum atomic E-state index is 13.2. The Morgan fingerprint density at radius 1 is 1.37 bits per heavy atom. The summed E-state index contributed by atoms with van der Waals surface area (Å²) in [6, 6.07) is 2.93. The van der Waals surface area contributed by atoms with E-state index < -0.39 is 39.6 Å². The van der Waals surface area contributed by atoms with Crippen LogP contribution in [0.5, 0.6) is 0 Å². The molecule has 108 valence electrons. The van der Waals surface area contributed by atoms with E-state index in [2.05, 4.69) is 0 Å². The molecule has 0 fully saturated rings. The van der Waals surface area contributed by atoms with E-state index in [1.54, 1.807) is 4.72 Å². The molecule has 1 aromatic carbocycles. The molecule has 1 atom stereocenters. The van der Waals surface area contributed by atoms with Gasteiger partial charge in [-0.25, -0.2) is 17.5 Å². The number of aliphatic hydroxyl groups excluding tert-OH is 1. The minimum Gasteiger partial charge on any atom is -0.382 e. The number of hydrogen-bond acceptors (Lipinski definition) is 3. The van der Waals surface area contributed by atoms with Crippen molar-refractivity contribution in [3.63, 3.8) is 0 Å². The van der Waals surface area contributed by atoms with Crippen molar-refractivity contribution in [2.24, 2.45) is 0 Å². The van der Waals surface area contributed by atoms with Crippen molar-refractivity contribution in [2.45, 2.75) is 24.1 Å². The third-order valence-electron chi connectivity index (χ3n) is 2.30. The molecule has 4 nitrogen and oxygen atoms in total. The third kappa shape index (κ3) is 4.15. The molecule has 1 aromatic rings. The molecular weight excluding hydrogens is 290 g/mol. The summed E-state index contributed by atoms with van der Waals surface area (Å²) >= 11 is 0. The van der Waals surface area contributed by atoms with Crippen LogP contribution in [-0.2, 0) is 10.0 Å². The molecule has 9 heteroatoms. The summed E-state index contributed by atoms with van der Waals surface area (Å²) in [6.07, 6.45) is -7.75. The van der Waals surface area contributed by atoms with E-state index in [9.17, 15) is 26.0 Å². The molecule has 0 radical (unpaired) electrons. The Hall–Kier alpha value is -1.19. The highest BCUT2D eigenvalue weighted by Crippen LogP contribution is 2.20. The van der Waals surface area contributed by atoms with Crippen molar-refractivity contribution in [1.82, 2.24) is 4.72 Å². The van der Waals surface area contributed by atoms with Crippen LogP contribution in [0.4, 0.5) is 17.6 Å². The van der Waals surface area contributed by atoms with Gasteiger partial charge in [0.1, 0.15) is 5.82 Å². The number of nitrogens with one attached hydrogen (secondary N) is 1. The number of rotatable bonds is 4. The van der Waals surface area contributed by atoms with Crippen molar-refractivity contribution < 1.29 is 31.1 Å². The number of alkyl halides is 3. The lowest BCUT2D eigenvalue weighted by Crippen LogP contribution is -2.40. The lowest BCUT2D eigenvalue weighted by atomic mass is 10.2. The summed E-state index contributed by atoms with van der Waals surface area (Å²) in [5, 5.41) is 8.67. The number of hydrogen-bond donors (Lipinski definition) is 2. The molecule has 0 heterocycles. The molecule has 19 heavy (non-hydrogen) atoms. The topological polar surface area (TPSA) is 66.4 Å². The molecule has 0 bridgehead atoms. The first kappa shape index (κ1) is 15.9. The minimum absolute atomic E-state index is 0.203. The molecule has 0 aliphatic carbocycles. The van der Waals surface area contributed by atoms with Gasteiger partial charge in [0.2, 0.25) is 10.0 Å². The van der Waals surface area contributed by atoms with Gasteiger partial charge < -0.3 is 5.11 Å². The Morgan fingerprint density at radius 3 is 2.42 bits per heavy atom. The fourth-order valence-corrected chi connectivity index (χ4v) is 2.18. The first-order valence-electron chi connectivity index (χ1n) is 5.04. The average molecular weight is 301 g/mol. The number of halogens is 4. The highest BCUT2D eigenvalue weighted by Gasteiger charge is 2.38. The van der Waals surface area contributed by atoms with Crippen molar-refractivity contribution in [1.29, 1.82) is 0 Å². The zero-order valence-corrected chi connectivity index (χ0v) is 10.5. The Kier molecular flexibility index (Phi) is 4.54. The maximum Gasteiger partial charge on any atom is 0.415 e. The largest absolute Gasteiger partial charge is 0.415 e. The Balaban J connectivity index is 2.85. The summed E-state index contributed by atoms with van der Waals surface area (Å²) in [5.74, 6) is -0.792. The molecule has 0 aliphatic heterocycles. The van der Waals surface area contributed by atoms with Crippen LogP contribution in [0.2, 0.25) is 0 Å². The molecule has 0 spiro atoms. The second kappa shape index (κ2) is 5.43. The fourth-order valence-electron chi connectivity index (χ4n) is 1.13. The summed E-state index contributed by atoms with van der Waals surface area (Å²) in [6.45, 7) is 0.175. The van der Waals surface area contributed by atoms with Crippen LogP contribution in [0.3, 0.4) is 0 Å². The maximum absolute atomic E-state index is 13.2. The molecule has 0 saturated heterocycles. The van der Waals surface area contributed by atoms with Gasteiger partial charge in [-0.15, -0.1) is 0 Å². The zero-order chi connectivity index (χ0) is 14.8. The van der Waals surface area contributed by atoms with Crippen LogP contribution >= 0.6 is 0 Å². The Morgan fingerprint density at radius 2 is 1.95 bits per heavy atom. The molecule has 0 aromatic heterocycles. The lowest BCUT2D eigenvalue weighted by Gasteiger charge is -2.15. The molecule has 0 amide bonds. The second-order valence-corrected chi connectivity index (χ2v) is 5.59. The van der Waals surface area contributed by atoms with E-state index in [0.29, 0.717) is 6.07 Å². The summed E-state index contributed by atoms with van der Waals surface area (Å²) in [7, 11) is -4.30. The van der Waals surface area contributed by atoms with Gasteiger partial charge in [0.05, 0.1) is 4.90 Å². The van der Waals surface area contributed by atoms with Crippen molar-refractivity contribution in [3.8, 4) is 0 Å².